The first-order valence-electron chi connectivity index (χ1n) is 7.37. The molecule has 1 aromatic carbocycles. The van der Waals surface area contributed by atoms with E-state index < -0.39 is 0 Å². The maximum atomic E-state index is 4.50. The molecule has 0 amide bonds. The molecule has 0 saturated heterocycles. The number of nitrogens with zero attached hydrogens (tertiary/aromatic N) is 2. The van der Waals surface area contributed by atoms with Crippen LogP contribution in [0.5, 0.6) is 0 Å². The van der Waals surface area contributed by atoms with E-state index in [9.17, 15) is 0 Å². The first-order valence-corrected chi connectivity index (χ1v) is 8.19. The molecule has 0 aliphatic rings. The number of hydrogen-bond acceptors (Lipinski definition) is 3. The van der Waals surface area contributed by atoms with Crippen LogP contribution in [0.1, 0.15) is 36.0 Å². The second-order valence-corrected chi connectivity index (χ2v) is 6.55. The summed E-state index contributed by atoms with van der Waals surface area (Å²) in [5.74, 6) is 0. The van der Waals surface area contributed by atoms with Crippen LogP contribution < -0.4 is 5.32 Å². The molecule has 1 N–H and O–H groups in total. The molecule has 1 unspecified atom stereocenters. The van der Waals surface area contributed by atoms with Gasteiger partial charge in [0.25, 0.3) is 0 Å². The molecular weight excluding hydrogens is 278 g/mol. The lowest BCUT2D eigenvalue weighted by atomic mass is 10.1. The Labute approximate surface area is 129 Å². The van der Waals surface area contributed by atoms with E-state index in [0.29, 0.717) is 0 Å². The van der Waals surface area contributed by atoms with Crippen LogP contribution in [0.25, 0.3) is 10.1 Å². The highest BCUT2D eigenvalue weighted by Crippen LogP contribution is 2.36. The van der Waals surface area contributed by atoms with Gasteiger partial charge in [-0.25, -0.2) is 0 Å². The van der Waals surface area contributed by atoms with Gasteiger partial charge in [0.1, 0.15) is 0 Å². The molecule has 2 heterocycles. The molecule has 2 aromatic heterocycles. The third-order valence-electron chi connectivity index (χ3n) is 3.89. The summed E-state index contributed by atoms with van der Waals surface area (Å²) < 4.78 is 3.24. The van der Waals surface area contributed by atoms with E-state index in [1.54, 1.807) is 0 Å². The van der Waals surface area contributed by atoms with Crippen LogP contribution in [-0.2, 0) is 13.5 Å². The average Bonchev–Trinajstić information content (AvgIpc) is 3.00. The minimum absolute atomic E-state index is 0.289. The maximum absolute atomic E-state index is 4.50. The molecule has 0 spiro atoms. The lowest BCUT2D eigenvalue weighted by molar-refractivity contribution is 0.746. The molecule has 0 aliphatic heterocycles. The number of hydrogen-bond donors (Lipinski definition) is 1. The molecule has 0 bridgehead atoms. The highest BCUT2D eigenvalue weighted by atomic mass is 32.1. The van der Waals surface area contributed by atoms with Crippen molar-refractivity contribution in [2.45, 2.75) is 33.2 Å². The number of anilines is 1. The predicted octanol–water partition coefficient (Wildman–Crippen LogP) is 4.68. The minimum Gasteiger partial charge on any atom is -0.375 e. The Morgan fingerprint density at radius 3 is 2.81 bits per heavy atom. The zero-order valence-corrected chi connectivity index (χ0v) is 13.8. The molecule has 3 nitrogen and oxygen atoms in total. The summed E-state index contributed by atoms with van der Waals surface area (Å²) in [6.45, 7) is 6.59. The van der Waals surface area contributed by atoms with Gasteiger partial charge in [0, 0.05) is 22.8 Å². The molecule has 4 heteroatoms. The second-order valence-electron chi connectivity index (χ2n) is 5.47. The van der Waals surface area contributed by atoms with Gasteiger partial charge in [-0.05, 0) is 37.3 Å². The minimum atomic E-state index is 0.289. The van der Waals surface area contributed by atoms with Crippen molar-refractivity contribution in [2.75, 3.05) is 5.32 Å². The van der Waals surface area contributed by atoms with Crippen LogP contribution in [0.2, 0.25) is 0 Å². The van der Waals surface area contributed by atoms with E-state index in [4.69, 9.17) is 0 Å². The van der Waals surface area contributed by atoms with Gasteiger partial charge in [-0.15, -0.1) is 11.3 Å². The van der Waals surface area contributed by atoms with Crippen molar-refractivity contribution >= 4 is 27.1 Å². The average molecular weight is 299 g/mol. The van der Waals surface area contributed by atoms with Crippen LogP contribution in [0.15, 0.2) is 30.5 Å². The van der Waals surface area contributed by atoms with E-state index >= 15 is 0 Å². The van der Waals surface area contributed by atoms with Crippen LogP contribution in [0, 0.1) is 6.92 Å². The Morgan fingerprint density at radius 2 is 2.10 bits per heavy atom. The van der Waals surface area contributed by atoms with Gasteiger partial charge in [-0.3, -0.25) is 4.68 Å². The van der Waals surface area contributed by atoms with Crippen molar-refractivity contribution in [1.82, 2.24) is 9.78 Å². The summed E-state index contributed by atoms with van der Waals surface area (Å²) in [4.78, 5) is 1.40. The molecule has 0 radical (unpaired) electrons. The number of aryl methyl sites for hydroxylation is 3. The zero-order chi connectivity index (χ0) is 15.0. The zero-order valence-electron chi connectivity index (χ0n) is 13.0. The molecule has 3 rings (SSSR count). The van der Waals surface area contributed by atoms with E-state index in [2.05, 4.69) is 61.6 Å². The van der Waals surface area contributed by atoms with Crippen molar-refractivity contribution in [3.63, 3.8) is 0 Å². The quantitative estimate of drug-likeness (QED) is 0.758. The summed E-state index contributed by atoms with van der Waals surface area (Å²) in [5, 5.41) is 9.49. The summed E-state index contributed by atoms with van der Waals surface area (Å²) in [7, 11) is 1.97. The third kappa shape index (κ3) is 2.56. The van der Waals surface area contributed by atoms with Crippen LogP contribution in [-0.4, -0.2) is 9.78 Å². The Balaban J connectivity index is 1.93. The highest BCUT2D eigenvalue weighted by molar-refractivity contribution is 7.19. The molecular formula is C17H21N3S. The Kier molecular flexibility index (Phi) is 3.72. The highest BCUT2D eigenvalue weighted by Gasteiger charge is 2.16. The normalized spacial score (nSPS) is 12.8. The summed E-state index contributed by atoms with van der Waals surface area (Å²) in [6, 6.07) is 8.91. The molecule has 3 aromatic rings. The molecule has 1 atom stereocenters. The topological polar surface area (TPSA) is 29.9 Å². The second kappa shape index (κ2) is 5.53. The van der Waals surface area contributed by atoms with Gasteiger partial charge in [0.2, 0.25) is 0 Å². The van der Waals surface area contributed by atoms with Crippen LogP contribution >= 0.6 is 11.3 Å². The molecule has 0 saturated carbocycles. The molecule has 0 aliphatic carbocycles. The number of aromatic nitrogens is 2. The van der Waals surface area contributed by atoms with Crippen molar-refractivity contribution in [2.24, 2.45) is 7.05 Å². The van der Waals surface area contributed by atoms with E-state index in [0.717, 1.165) is 17.8 Å². The van der Waals surface area contributed by atoms with Gasteiger partial charge in [0.15, 0.2) is 0 Å². The van der Waals surface area contributed by atoms with Crippen LogP contribution in [0.3, 0.4) is 0 Å². The van der Waals surface area contributed by atoms with E-state index in [1.165, 1.54) is 20.5 Å². The number of benzene rings is 1. The van der Waals surface area contributed by atoms with Crippen molar-refractivity contribution < 1.29 is 0 Å². The lowest BCUT2D eigenvalue weighted by Crippen LogP contribution is -2.07. The predicted molar refractivity (Wildman–Crippen MR) is 91.2 cm³/mol. The SMILES string of the molecule is CCc1nn(C)cc1NC(C)c1sc2ccccc2c1C. The van der Waals surface area contributed by atoms with Gasteiger partial charge in [-0.2, -0.15) is 5.10 Å². The fourth-order valence-electron chi connectivity index (χ4n) is 2.82. The largest absolute Gasteiger partial charge is 0.375 e. The Hall–Kier alpha value is -1.81. The van der Waals surface area contributed by atoms with Gasteiger partial charge >= 0.3 is 0 Å². The van der Waals surface area contributed by atoms with E-state index in [1.807, 2.05) is 23.1 Å². The first-order chi connectivity index (χ1) is 10.1. The molecule has 21 heavy (non-hydrogen) atoms. The Bertz CT molecular complexity index is 770. The van der Waals surface area contributed by atoms with E-state index in [-0.39, 0.29) is 6.04 Å². The molecule has 110 valence electrons. The number of rotatable bonds is 4. The molecule has 0 fully saturated rings. The summed E-state index contributed by atoms with van der Waals surface area (Å²) in [5.41, 5.74) is 3.66. The standard InChI is InChI=1S/C17H21N3S/c1-5-14-15(10-20(4)19-14)18-12(3)17-11(2)13-8-6-7-9-16(13)21-17/h6-10,12,18H,5H2,1-4H3. The number of nitrogens with one attached hydrogen (secondary N) is 1. The van der Waals surface area contributed by atoms with Crippen LogP contribution in [0.4, 0.5) is 5.69 Å². The van der Waals surface area contributed by atoms with Crippen molar-refractivity contribution in [3.05, 3.63) is 46.6 Å². The monoisotopic (exact) mass is 299 g/mol. The fourth-order valence-corrected chi connectivity index (χ4v) is 4.03. The lowest BCUT2D eigenvalue weighted by Gasteiger charge is -2.14. The van der Waals surface area contributed by atoms with Gasteiger partial charge in [0.05, 0.1) is 17.4 Å². The smallest absolute Gasteiger partial charge is 0.0853 e. The van der Waals surface area contributed by atoms with Crippen molar-refractivity contribution in [3.8, 4) is 0 Å². The summed E-state index contributed by atoms with van der Waals surface area (Å²) >= 11 is 1.88. The number of thiophene rings is 1. The fraction of sp³-hybridized carbons (Fsp3) is 0.353. The third-order valence-corrected chi connectivity index (χ3v) is 5.34. The first kappa shape index (κ1) is 14.1. The Morgan fingerprint density at radius 1 is 1.33 bits per heavy atom. The summed E-state index contributed by atoms with van der Waals surface area (Å²) in [6.07, 6.45) is 3.01. The number of fused-ring (bicyclic) bond motifs is 1. The van der Waals surface area contributed by atoms with Crippen molar-refractivity contribution in [1.29, 1.82) is 0 Å². The maximum Gasteiger partial charge on any atom is 0.0853 e. The van der Waals surface area contributed by atoms with Gasteiger partial charge < -0.3 is 5.32 Å². The van der Waals surface area contributed by atoms with Gasteiger partial charge in [-0.1, -0.05) is 25.1 Å².